The zero-order valence-corrected chi connectivity index (χ0v) is 11.0. The van der Waals surface area contributed by atoms with Crippen molar-refractivity contribution in [2.24, 2.45) is 0 Å². The number of halogens is 2. The van der Waals surface area contributed by atoms with Gasteiger partial charge in [-0.25, -0.2) is 0 Å². The summed E-state index contributed by atoms with van der Waals surface area (Å²) in [5.41, 5.74) is 1.24. The van der Waals surface area contributed by atoms with Gasteiger partial charge in [0.05, 0.1) is 0 Å². The summed E-state index contributed by atoms with van der Waals surface area (Å²) >= 11 is 12.1. The molecular formula is C13H17Cl2N. The summed E-state index contributed by atoms with van der Waals surface area (Å²) in [4.78, 5) is 0. The summed E-state index contributed by atoms with van der Waals surface area (Å²) in [5, 5.41) is 5.09. The normalized spacial score (nSPS) is 24.2. The molecule has 0 bridgehead atoms. The number of nitrogens with one attached hydrogen (secondary N) is 1. The van der Waals surface area contributed by atoms with E-state index in [1.807, 2.05) is 12.1 Å². The second-order valence-electron chi connectivity index (χ2n) is 4.41. The van der Waals surface area contributed by atoms with Crippen LogP contribution in [0.5, 0.6) is 0 Å². The Morgan fingerprint density at radius 2 is 2.12 bits per heavy atom. The Bertz CT molecular complexity index is 365. The predicted octanol–water partition coefficient (Wildman–Crippen LogP) is 4.24. The van der Waals surface area contributed by atoms with Gasteiger partial charge in [0, 0.05) is 22.0 Å². The molecule has 0 spiro atoms. The Balaban J connectivity index is 2.06. The summed E-state index contributed by atoms with van der Waals surface area (Å²) in [7, 11) is 0. The van der Waals surface area contributed by atoms with Crippen molar-refractivity contribution >= 4 is 23.2 Å². The monoisotopic (exact) mass is 257 g/mol. The van der Waals surface area contributed by atoms with E-state index in [0.29, 0.717) is 17.0 Å². The molecule has 2 atom stereocenters. The smallest absolute Gasteiger partial charge is 0.0456 e. The molecule has 0 amide bonds. The third-order valence-corrected chi connectivity index (χ3v) is 3.86. The Morgan fingerprint density at radius 1 is 1.31 bits per heavy atom. The van der Waals surface area contributed by atoms with Crippen molar-refractivity contribution in [2.75, 3.05) is 6.54 Å². The zero-order chi connectivity index (χ0) is 11.5. The van der Waals surface area contributed by atoms with Gasteiger partial charge in [-0.15, -0.1) is 0 Å². The van der Waals surface area contributed by atoms with E-state index in [1.54, 1.807) is 0 Å². The fraction of sp³-hybridized carbons (Fsp3) is 0.538. The SMILES string of the molecule is CCCNC1CCC1c1ccc(Cl)cc1Cl. The maximum Gasteiger partial charge on any atom is 0.0456 e. The molecule has 0 saturated heterocycles. The van der Waals surface area contributed by atoms with Crippen LogP contribution < -0.4 is 5.32 Å². The first-order valence-electron chi connectivity index (χ1n) is 5.90. The maximum absolute atomic E-state index is 6.22. The minimum atomic E-state index is 0.566. The molecule has 1 aromatic carbocycles. The first kappa shape index (κ1) is 12.2. The van der Waals surface area contributed by atoms with Crippen molar-refractivity contribution in [2.45, 2.75) is 38.1 Å². The van der Waals surface area contributed by atoms with Crippen molar-refractivity contribution < 1.29 is 0 Å². The molecule has 2 rings (SSSR count). The Kier molecular flexibility index (Phi) is 4.12. The summed E-state index contributed by atoms with van der Waals surface area (Å²) in [5.74, 6) is 0.566. The molecule has 2 unspecified atom stereocenters. The highest BCUT2D eigenvalue weighted by atomic mass is 35.5. The van der Waals surface area contributed by atoms with Crippen molar-refractivity contribution in [3.8, 4) is 0 Å². The summed E-state index contributed by atoms with van der Waals surface area (Å²) in [6, 6.07) is 6.43. The Labute approximate surface area is 107 Å². The minimum Gasteiger partial charge on any atom is -0.313 e. The van der Waals surface area contributed by atoms with E-state index in [2.05, 4.69) is 18.3 Å². The lowest BCUT2D eigenvalue weighted by molar-refractivity contribution is 0.285. The third kappa shape index (κ3) is 2.53. The van der Waals surface area contributed by atoms with E-state index in [1.165, 1.54) is 24.8 Å². The summed E-state index contributed by atoms with van der Waals surface area (Å²) in [6.07, 6.45) is 3.66. The first-order valence-corrected chi connectivity index (χ1v) is 6.66. The zero-order valence-electron chi connectivity index (χ0n) is 9.47. The highest BCUT2D eigenvalue weighted by molar-refractivity contribution is 6.35. The predicted molar refractivity (Wildman–Crippen MR) is 70.5 cm³/mol. The van der Waals surface area contributed by atoms with Gasteiger partial charge in [0.25, 0.3) is 0 Å². The van der Waals surface area contributed by atoms with Gasteiger partial charge in [-0.3, -0.25) is 0 Å². The molecule has 0 aromatic heterocycles. The number of hydrogen-bond acceptors (Lipinski definition) is 1. The second kappa shape index (κ2) is 5.39. The molecule has 1 fully saturated rings. The lowest BCUT2D eigenvalue weighted by Crippen LogP contribution is -2.42. The third-order valence-electron chi connectivity index (χ3n) is 3.29. The molecule has 88 valence electrons. The molecule has 1 saturated carbocycles. The minimum absolute atomic E-state index is 0.566. The van der Waals surface area contributed by atoms with E-state index in [9.17, 15) is 0 Å². The molecule has 0 radical (unpaired) electrons. The van der Waals surface area contributed by atoms with Crippen LogP contribution in [0, 0.1) is 0 Å². The van der Waals surface area contributed by atoms with Crippen molar-refractivity contribution in [3.05, 3.63) is 33.8 Å². The van der Waals surface area contributed by atoms with Gasteiger partial charge in [-0.2, -0.15) is 0 Å². The van der Waals surface area contributed by atoms with E-state index in [0.717, 1.165) is 11.6 Å². The standard InChI is InChI=1S/C13H17Cl2N/c1-2-7-16-13-6-5-11(13)10-4-3-9(14)8-12(10)15/h3-4,8,11,13,16H,2,5-7H2,1H3. The molecular weight excluding hydrogens is 241 g/mol. The van der Waals surface area contributed by atoms with Crippen LogP contribution in [-0.4, -0.2) is 12.6 Å². The summed E-state index contributed by atoms with van der Waals surface area (Å²) < 4.78 is 0. The van der Waals surface area contributed by atoms with E-state index >= 15 is 0 Å². The fourth-order valence-corrected chi connectivity index (χ4v) is 2.80. The largest absolute Gasteiger partial charge is 0.313 e. The molecule has 1 aliphatic rings. The van der Waals surface area contributed by atoms with E-state index in [-0.39, 0.29) is 0 Å². The molecule has 3 heteroatoms. The topological polar surface area (TPSA) is 12.0 Å². The van der Waals surface area contributed by atoms with Crippen LogP contribution in [0.2, 0.25) is 10.0 Å². The van der Waals surface area contributed by atoms with E-state index < -0.39 is 0 Å². The van der Waals surface area contributed by atoms with Gasteiger partial charge in [-0.05, 0) is 43.5 Å². The Morgan fingerprint density at radius 3 is 2.69 bits per heavy atom. The molecule has 0 aliphatic heterocycles. The van der Waals surface area contributed by atoms with Gasteiger partial charge in [0.15, 0.2) is 0 Å². The Hall–Kier alpha value is -0.240. The number of hydrogen-bond donors (Lipinski definition) is 1. The summed E-state index contributed by atoms with van der Waals surface area (Å²) in [6.45, 7) is 3.28. The van der Waals surface area contributed by atoms with Gasteiger partial charge < -0.3 is 5.32 Å². The molecule has 1 aromatic rings. The molecule has 0 heterocycles. The number of rotatable bonds is 4. The lowest BCUT2D eigenvalue weighted by atomic mass is 9.75. The van der Waals surface area contributed by atoms with Gasteiger partial charge in [-0.1, -0.05) is 36.2 Å². The maximum atomic E-state index is 6.22. The van der Waals surface area contributed by atoms with Crippen LogP contribution in [0.3, 0.4) is 0 Å². The average molecular weight is 258 g/mol. The van der Waals surface area contributed by atoms with Gasteiger partial charge in [0.2, 0.25) is 0 Å². The number of benzene rings is 1. The molecule has 1 N–H and O–H groups in total. The molecule has 16 heavy (non-hydrogen) atoms. The van der Waals surface area contributed by atoms with Crippen molar-refractivity contribution in [1.29, 1.82) is 0 Å². The van der Waals surface area contributed by atoms with Gasteiger partial charge in [0.1, 0.15) is 0 Å². The first-order chi connectivity index (χ1) is 7.72. The van der Waals surface area contributed by atoms with Crippen molar-refractivity contribution in [3.63, 3.8) is 0 Å². The van der Waals surface area contributed by atoms with Gasteiger partial charge >= 0.3 is 0 Å². The highest BCUT2D eigenvalue weighted by Gasteiger charge is 2.32. The van der Waals surface area contributed by atoms with Crippen LogP contribution in [0.1, 0.15) is 37.7 Å². The van der Waals surface area contributed by atoms with Crippen LogP contribution in [0.25, 0.3) is 0 Å². The second-order valence-corrected chi connectivity index (χ2v) is 5.25. The van der Waals surface area contributed by atoms with E-state index in [4.69, 9.17) is 23.2 Å². The van der Waals surface area contributed by atoms with Crippen LogP contribution in [0.15, 0.2) is 18.2 Å². The van der Waals surface area contributed by atoms with Crippen LogP contribution in [-0.2, 0) is 0 Å². The quantitative estimate of drug-likeness (QED) is 0.851. The van der Waals surface area contributed by atoms with Crippen molar-refractivity contribution in [1.82, 2.24) is 5.32 Å². The fourth-order valence-electron chi connectivity index (χ4n) is 2.25. The lowest BCUT2D eigenvalue weighted by Gasteiger charge is -2.38. The van der Waals surface area contributed by atoms with Crippen LogP contribution in [0.4, 0.5) is 0 Å². The average Bonchev–Trinajstić information content (AvgIpc) is 2.21. The van der Waals surface area contributed by atoms with Crippen LogP contribution >= 0.6 is 23.2 Å². The molecule has 1 aliphatic carbocycles. The highest BCUT2D eigenvalue weighted by Crippen LogP contribution is 2.40. The molecule has 1 nitrogen and oxygen atoms in total.